The molecule has 4 nitrogen and oxygen atoms in total. The van der Waals surface area contributed by atoms with Crippen molar-refractivity contribution < 1.29 is 18.3 Å². The zero-order valence-electron chi connectivity index (χ0n) is 8.41. The summed E-state index contributed by atoms with van der Waals surface area (Å²) in [6.45, 7) is 3.01. The molecular formula is C8H12F3N3O. The highest BCUT2D eigenvalue weighted by atomic mass is 19.4. The fraction of sp³-hybridized carbons (Fsp3) is 0.750. The number of hydrogen-bond acceptors (Lipinski definition) is 3. The van der Waals surface area contributed by atoms with E-state index in [9.17, 15) is 13.2 Å². The molecule has 0 unspecified atom stereocenters. The average Bonchev–Trinajstić information content (AvgIpc) is 2.44. The van der Waals surface area contributed by atoms with Gasteiger partial charge in [-0.05, 0) is 13.8 Å². The molecule has 1 aromatic rings. The van der Waals surface area contributed by atoms with E-state index in [0.717, 1.165) is 0 Å². The van der Waals surface area contributed by atoms with E-state index in [2.05, 4.69) is 10.2 Å². The molecule has 0 saturated heterocycles. The number of rotatable bonds is 3. The lowest BCUT2D eigenvalue weighted by molar-refractivity contribution is -0.129. The maximum Gasteiger partial charge on any atom is 0.396 e. The molecule has 15 heavy (non-hydrogen) atoms. The minimum atomic E-state index is -4.31. The zero-order chi connectivity index (χ0) is 11.6. The van der Waals surface area contributed by atoms with Gasteiger partial charge >= 0.3 is 6.18 Å². The van der Waals surface area contributed by atoms with Crippen LogP contribution in [-0.2, 0) is 13.0 Å². The van der Waals surface area contributed by atoms with Crippen molar-refractivity contribution in [1.82, 2.24) is 14.8 Å². The van der Waals surface area contributed by atoms with Crippen LogP contribution < -0.4 is 0 Å². The van der Waals surface area contributed by atoms with Gasteiger partial charge in [0.1, 0.15) is 18.9 Å². The van der Waals surface area contributed by atoms with Crippen molar-refractivity contribution in [1.29, 1.82) is 0 Å². The standard InChI is InChI=1S/C8H12F3N3O/c1-5(2)14-6(3-8(9,10)11)12-13-7(14)4-15/h5,15H,3-4H2,1-2H3. The summed E-state index contributed by atoms with van der Waals surface area (Å²) in [5.41, 5.74) is 0. The molecule has 1 heterocycles. The zero-order valence-corrected chi connectivity index (χ0v) is 8.41. The van der Waals surface area contributed by atoms with Gasteiger partial charge < -0.3 is 9.67 Å². The Balaban J connectivity index is 3.03. The van der Waals surface area contributed by atoms with E-state index in [1.165, 1.54) is 4.57 Å². The second kappa shape index (κ2) is 4.18. The van der Waals surface area contributed by atoms with E-state index in [1.807, 2.05) is 0 Å². The summed E-state index contributed by atoms with van der Waals surface area (Å²) in [4.78, 5) is 0. The lowest BCUT2D eigenvalue weighted by Gasteiger charge is -2.13. The molecule has 1 N–H and O–H groups in total. The van der Waals surface area contributed by atoms with E-state index >= 15 is 0 Å². The van der Waals surface area contributed by atoms with Crippen molar-refractivity contribution in [2.24, 2.45) is 0 Å². The van der Waals surface area contributed by atoms with Crippen LogP contribution in [0.3, 0.4) is 0 Å². The summed E-state index contributed by atoms with van der Waals surface area (Å²) in [7, 11) is 0. The highest BCUT2D eigenvalue weighted by Crippen LogP contribution is 2.22. The Kier molecular flexibility index (Phi) is 3.33. The van der Waals surface area contributed by atoms with Gasteiger partial charge in [-0.2, -0.15) is 13.2 Å². The van der Waals surface area contributed by atoms with Crippen molar-refractivity contribution >= 4 is 0 Å². The quantitative estimate of drug-likeness (QED) is 0.843. The van der Waals surface area contributed by atoms with Gasteiger partial charge in [0.15, 0.2) is 5.82 Å². The fourth-order valence-electron chi connectivity index (χ4n) is 1.36. The van der Waals surface area contributed by atoms with Crippen molar-refractivity contribution in [2.45, 2.75) is 39.1 Å². The molecule has 1 aromatic heterocycles. The van der Waals surface area contributed by atoms with Crippen molar-refractivity contribution in [3.8, 4) is 0 Å². The molecule has 0 aliphatic rings. The lowest BCUT2D eigenvalue weighted by atomic mass is 10.3. The molecule has 0 fully saturated rings. The van der Waals surface area contributed by atoms with E-state index in [0.29, 0.717) is 0 Å². The first kappa shape index (κ1) is 12.0. The second-order valence-corrected chi connectivity index (χ2v) is 3.45. The molecule has 0 aliphatic carbocycles. The molecule has 0 radical (unpaired) electrons. The molecular weight excluding hydrogens is 211 g/mol. The van der Waals surface area contributed by atoms with Gasteiger partial charge in [-0.3, -0.25) is 0 Å². The second-order valence-electron chi connectivity index (χ2n) is 3.45. The molecule has 0 aliphatic heterocycles. The fourth-order valence-corrected chi connectivity index (χ4v) is 1.36. The van der Waals surface area contributed by atoms with Crippen molar-refractivity contribution in [2.75, 3.05) is 0 Å². The molecule has 0 atom stereocenters. The van der Waals surface area contributed by atoms with Gasteiger partial charge in [-0.1, -0.05) is 0 Å². The molecule has 86 valence electrons. The predicted octanol–water partition coefficient (Wildman–Crippen LogP) is 1.46. The van der Waals surface area contributed by atoms with Gasteiger partial charge in [0.2, 0.25) is 0 Å². The Hall–Kier alpha value is -1.11. The van der Waals surface area contributed by atoms with Crippen LogP contribution >= 0.6 is 0 Å². The first-order valence-electron chi connectivity index (χ1n) is 4.45. The van der Waals surface area contributed by atoms with Gasteiger partial charge in [-0.15, -0.1) is 10.2 Å². The van der Waals surface area contributed by atoms with Gasteiger partial charge in [0.25, 0.3) is 0 Å². The summed E-state index contributed by atoms with van der Waals surface area (Å²) < 4.78 is 37.8. The minimum Gasteiger partial charge on any atom is -0.388 e. The smallest absolute Gasteiger partial charge is 0.388 e. The van der Waals surface area contributed by atoms with Crippen LogP contribution in [-0.4, -0.2) is 26.0 Å². The summed E-state index contributed by atoms with van der Waals surface area (Å²) in [5.74, 6) is -0.00852. The van der Waals surface area contributed by atoms with Crippen LogP contribution in [0.2, 0.25) is 0 Å². The monoisotopic (exact) mass is 223 g/mol. The van der Waals surface area contributed by atoms with Gasteiger partial charge in [0, 0.05) is 6.04 Å². The van der Waals surface area contributed by atoms with Crippen LogP contribution in [0.15, 0.2) is 0 Å². The number of aliphatic hydroxyl groups is 1. The van der Waals surface area contributed by atoms with Gasteiger partial charge in [-0.25, -0.2) is 0 Å². The first-order chi connectivity index (χ1) is 6.85. The van der Waals surface area contributed by atoms with Crippen LogP contribution in [0.1, 0.15) is 31.5 Å². The third-order valence-corrected chi connectivity index (χ3v) is 1.85. The SMILES string of the molecule is CC(C)n1c(CO)nnc1CC(F)(F)F. The number of aliphatic hydroxyl groups excluding tert-OH is 1. The summed E-state index contributed by atoms with van der Waals surface area (Å²) in [6.07, 6.45) is -5.44. The first-order valence-corrected chi connectivity index (χ1v) is 4.45. The van der Waals surface area contributed by atoms with Crippen LogP contribution in [0.4, 0.5) is 13.2 Å². The van der Waals surface area contributed by atoms with E-state index in [1.54, 1.807) is 13.8 Å². The molecule has 7 heteroatoms. The predicted molar refractivity (Wildman–Crippen MR) is 46.1 cm³/mol. The van der Waals surface area contributed by atoms with Gasteiger partial charge in [0.05, 0.1) is 0 Å². The molecule has 0 aromatic carbocycles. The normalized spacial score (nSPS) is 12.5. The third-order valence-electron chi connectivity index (χ3n) is 1.85. The largest absolute Gasteiger partial charge is 0.396 e. The van der Waals surface area contributed by atoms with Crippen LogP contribution in [0.5, 0.6) is 0 Å². The number of halogens is 3. The maximum absolute atomic E-state index is 12.2. The maximum atomic E-state index is 12.2. The number of aromatic nitrogens is 3. The summed E-state index contributed by atoms with van der Waals surface area (Å²) in [5, 5.41) is 15.8. The number of alkyl halides is 3. The summed E-state index contributed by atoms with van der Waals surface area (Å²) in [6, 6.07) is -0.209. The molecule has 0 amide bonds. The topological polar surface area (TPSA) is 50.9 Å². The number of hydrogen-bond donors (Lipinski definition) is 1. The average molecular weight is 223 g/mol. The highest BCUT2D eigenvalue weighted by Gasteiger charge is 2.31. The molecule has 1 rings (SSSR count). The Morgan fingerprint density at radius 3 is 2.20 bits per heavy atom. The Morgan fingerprint density at radius 2 is 1.80 bits per heavy atom. The van der Waals surface area contributed by atoms with E-state index < -0.39 is 19.2 Å². The molecule has 0 bridgehead atoms. The van der Waals surface area contributed by atoms with Crippen LogP contribution in [0, 0.1) is 0 Å². The Bertz CT molecular complexity index is 332. The minimum absolute atomic E-state index is 0.157. The Labute approximate surface area is 84.7 Å². The third kappa shape index (κ3) is 2.92. The van der Waals surface area contributed by atoms with Crippen LogP contribution in [0.25, 0.3) is 0 Å². The Morgan fingerprint density at radius 1 is 1.27 bits per heavy atom. The van der Waals surface area contributed by atoms with Crippen molar-refractivity contribution in [3.05, 3.63) is 11.6 Å². The molecule has 0 spiro atoms. The van der Waals surface area contributed by atoms with E-state index in [-0.39, 0.29) is 17.7 Å². The number of nitrogens with zero attached hydrogens (tertiary/aromatic N) is 3. The van der Waals surface area contributed by atoms with Crippen molar-refractivity contribution in [3.63, 3.8) is 0 Å². The molecule has 0 saturated carbocycles. The highest BCUT2D eigenvalue weighted by molar-refractivity contribution is 4.98. The van der Waals surface area contributed by atoms with E-state index in [4.69, 9.17) is 5.11 Å². The lowest BCUT2D eigenvalue weighted by Crippen LogP contribution is -2.18. The summed E-state index contributed by atoms with van der Waals surface area (Å²) >= 11 is 0.